The second-order valence-corrected chi connectivity index (χ2v) is 4.45. The maximum absolute atomic E-state index is 10.1. The van der Waals surface area contributed by atoms with Crippen molar-refractivity contribution >= 4 is 0 Å². The Balaban J connectivity index is 0.00000289. The van der Waals surface area contributed by atoms with Crippen LogP contribution in [0.5, 0.6) is 5.75 Å². The standard InChI is InChI=1S/C13H21NO3.ClH/c1-9-8-11(4-5-12(9)16)13(17)10(2)14-6-3-7-15;/h4-5,8,10,13-17H,3,6-7H2,1-2H3;1H. The molecule has 0 bridgehead atoms. The Morgan fingerprint density at radius 3 is 2.56 bits per heavy atom. The van der Waals surface area contributed by atoms with E-state index in [1.54, 1.807) is 18.2 Å². The number of phenolic OH excluding ortho intramolecular Hbond substituents is 1. The van der Waals surface area contributed by atoms with Crippen LogP contribution in [0.2, 0.25) is 0 Å². The third-order valence-corrected chi connectivity index (χ3v) is 2.96. The van der Waals surface area contributed by atoms with Gasteiger partial charge >= 0.3 is 0 Å². The third kappa shape index (κ3) is 4.82. The van der Waals surface area contributed by atoms with Crippen LogP contribution in [0.25, 0.3) is 0 Å². The molecule has 0 spiro atoms. The van der Waals surface area contributed by atoms with Crippen LogP contribution in [-0.2, 0) is 0 Å². The molecule has 1 aromatic rings. The van der Waals surface area contributed by atoms with E-state index in [2.05, 4.69) is 0 Å². The van der Waals surface area contributed by atoms with Crippen LogP contribution in [0.15, 0.2) is 18.2 Å². The van der Waals surface area contributed by atoms with Crippen LogP contribution >= 0.6 is 0 Å². The minimum atomic E-state index is -0.562. The summed E-state index contributed by atoms with van der Waals surface area (Å²) in [5.74, 6) is 0.248. The zero-order valence-electron chi connectivity index (χ0n) is 10.8. The number of aliphatic hydroxyl groups is 2. The molecule has 0 fully saturated rings. The largest absolute Gasteiger partial charge is 1.00 e. The van der Waals surface area contributed by atoms with Gasteiger partial charge in [-0.2, -0.15) is 0 Å². The van der Waals surface area contributed by atoms with Gasteiger partial charge in [-0.1, -0.05) is 6.07 Å². The molecule has 0 aliphatic rings. The molecule has 0 radical (unpaired) electrons. The lowest BCUT2D eigenvalue weighted by molar-refractivity contribution is -0.694. The number of halogens is 1. The van der Waals surface area contributed by atoms with E-state index in [1.165, 1.54) is 0 Å². The highest BCUT2D eigenvalue weighted by Gasteiger charge is 2.19. The molecule has 0 aliphatic carbocycles. The average Bonchev–Trinajstić information content (AvgIpc) is 2.32. The van der Waals surface area contributed by atoms with E-state index in [0.29, 0.717) is 0 Å². The lowest BCUT2D eigenvalue weighted by Gasteiger charge is -2.18. The number of aliphatic hydroxyl groups excluding tert-OH is 2. The van der Waals surface area contributed by atoms with E-state index < -0.39 is 6.10 Å². The number of aromatic hydroxyl groups is 1. The predicted octanol–water partition coefficient (Wildman–Crippen LogP) is -2.93. The topological polar surface area (TPSA) is 77.3 Å². The van der Waals surface area contributed by atoms with Crippen molar-refractivity contribution < 1.29 is 33.0 Å². The summed E-state index contributed by atoms with van der Waals surface area (Å²) in [6.45, 7) is 4.74. The first kappa shape index (κ1) is 17.2. The number of hydrogen-bond donors (Lipinski definition) is 4. The summed E-state index contributed by atoms with van der Waals surface area (Å²) in [5.41, 5.74) is 1.58. The summed E-state index contributed by atoms with van der Waals surface area (Å²) in [6, 6.07) is 5.18. The van der Waals surface area contributed by atoms with E-state index in [-0.39, 0.29) is 30.8 Å². The molecule has 1 aromatic carbocycles. The molecule has 1 rings (SSSR count). The summed E-state index contributed by atoms with van der Waals surface area (Å²) >= 11 is 0. The van der Waals surface area contributed by atoms with Gasteiger partial charge < -0.3 is 33.0 Å². The lowest BCUT2D eigenvalue weighted by Crippen LogP contribution is -3.00. The highest BCUT2D eigenvalue weighted by Crippen LogP contribution is 2.22. The monoisotopic (exact) mass is 275 g/mol. The van der Waals surface area contributed by atoms with E-state index in [1.807, 2.05) is 19.2 Å². The minimum Gasteiger partial charge on any atom is -1.00 e. The minimum absolute atomic E-state index is 0. The zero-order chi connectivity index (χ0) is 12.8. The number of rotatable bonds is 6. The molecule has 0 aliphatic heterocycles. The van der Waals surface area contributed by atoms with Crippen LogP contribution < -0.4 is 17.7 Å². The van der Waals surface area contributed by atoms with Gasteiger partial charge in [-0.3, -0.25) is 0 Å². The summed E-state index contributed by atoms with van der Waals surface area (Å²) < 4.78 is 0. The smallest absolute Gasteiger partial charge is 0.130 e. The lowest BCUT2D eigenvalue weighted by atomic mass is 10.0. The molecule has 5 N–H and O–H groups in total. The molecule has 4 nitrogen and oxygen atoms in total. The van der Waals surface area contributed by atoms with Crippen LogP contribution in [0.3, 0.4) is 0 Å². The van der Waals surface area contributed by atoms with Gasteiger partial charge in [0.2, 0.25) is 0 Å². The second kappa shape index (κ2) is 8.32. The Hall–Kier alpha value is -0.810. The van der Waals surface area contributed by atoms with E-state index in [0.717, 1.165) is 24.1 Å². The number of benzene rings is 1. The van der Waals surface area contributed by atoms with Crippen LogP contribution in [-0.4, -0.2) is 34.5 Å². The van der Waals surface area contributed by atoms with Crippen molar-refractivity contribution in [3.05, 3.63) is 29.3 Å². The molecule has 2 unspecified atom stereocenters. The number of quaternary nitrogens is 1. The van der Waals surface area contributed by atoms with Crippen LogP contribution in [0, 0.1) is 6.92 Å². The van der Waals surface area contributed by atoms with Gasteiger partial charge in [-0.25, -0.2) is 0 Å². The zero-order valence-corrected chi connectivity index (χ0v) is 11.6. The van der Waals surface area contributed by atoms with E-state index >= 15 is 0 Å². The van der Waals surface area contributed by atoms with Crippen molar-refractivity contribution in [1.82, 2.24) is 0 Å². The molecule has 18 heavy (non-hydrogen) atoms. The molecule has 2 atom stereocenters. The van der Waals surface area contributed by atoms with Crippen molar-refractivity contribution in [2.24, 2.45) is 0 Å². The van der Waals surface area contributed by atoms with E-state index in [4.69, 9.17) is 5.11 Å². The Bertz CT molecular complexity index is 360. The fraction of sp³-hybridized carbons (Fsp3) is 0.538. The fourth-order valence-corrected chi connectivity index (χ4v) is 1.77. The Labute approximate surface area is 114 Å². The molecule has 0 saturated heterocycles. The molecule has 0 amide bonds. The highest BCUT2D eigenvalue weighted by atomic mass is 35.5. The van der Waals surface area contributed by atoms with Crippen molar-refractivity contribution in [3.8, 4) is 5.75 Å². The molecule has 5 heteroatoms. The molecular formula is C13H22ClNO3. The first-order chi connectivity index (χ1) is 8.06. The molecule has 0 heterocycles. The first-order valence-electron chi connectivity index (χ1n) is 5.98. The first-order valence-corrected chi connectivity index (χ1v) is 5.98. The van der Waals surface area contributed by atoms with Gasteiger partial charge in [0.25, 0.3) is 0 Å². The van der Waals surface area contributed by atoms with Crippen molar-refractivity contribution in [3.63, 3.8) is 0 Å². The molecule has 104 valence electrons. The molecule has 0 aromatic heterocycles. The van der Waals surface area contributed by atoms with Crippen molar-refractivity contribution in [2.75, 3.05) is 13.2 Å². The Kier molecular flexibility index (Phi) is 7.95. The number of aryl methyl sites for hydroxylation is 1. The van der Waals surface area contributed by atoms with Gasteiger partial charge in [0.05, 0.1) is 6.54 Å². The Morgan fingerprint density at radius 1 is 1.33 bits per heavy atom. The van der Waals surface area contributed by atoms with Gasteiger partial charge in [0.1, 0.15) is 17.9 Å². The molecular weight excluding hydrogens is 254 g/mol. The van der Waals surface area contributed by atoms with Crippen molar-refractivity contribution in [1.29, 1.82) is 0 Å². The van der Waals surface area contributed by atoms with Gasteiger partial charge in [0.15, 0.2) is 0 Å². The van der Waals surface area contributed by atoms with Gasteiger partial charge in [-0.15, -0.1) is 0 Å². The quantitative estimate of drug-likeness (QED) is 0.420. The van der Waals surface area contributed by atoms with Crippen LogP contribution in [0.1, 0.15) is 30.6 Å². The SMILES string of the molecule is Cc1cc(C(O)C(C)[NH2+]CCCO)ccc1O.[Cl-]. The highest BCUT2D eigenvalue weighted by molar-refractivity contribution is 5.36. The second-order valence-electron chi connectivity index (χ2n) is 4.45. The number of hydrogen-bond acceptors (Lipinski definition) is 3. The summed E-state index contributed by atoms with van der Waals surface area (Å²) in [7, 11) is 0. The number of phenols is 1. The number of nitrogens with two attached hydrogens (primary N) is 1. The average molecular weight is 276 g/mol. The third-order valence-electron chi connectivity index (χ3n) is 2.96. The normalized spacial score (nSPS) is 13.8. The van der Waals surface area contributed by atoms with Gasteiger partial charge in [0, 0.05) is 13.0 Å². The maximum Gasteiger partial charge on any atom is 0.130 e. The summed E-state index contributed by atoms with van der Waals surface area (Å²) in [5, 5.41) is 30.3. The predicted molar refractivity (Wildman–Crippen MR) is 65.8 cm³/mol. The fourth-order valence-electron chi connectivity index (χ4n) is 1.77. The van der Waals surface area contributed by atoms with Crippen molar-refractivity contribution in [2.45, 2.75) is 32.4 Å². The Morgan fingerprint density at radius 2 is 2.00 bits per heavy atom. The van der Waals surface area contributed by atoms with E-state index in [9.17, 15) is 10.2 Å². The maximum atomic E-state index is 10.1. The summed E-state index contributed by atoms with van der Waals surface area (Å²) in [4.78, 5) is 0. The van der Waals surface area contributed by atoms with Gasteiger partial charge in [-0.05, 0) is 37.1 Å². The summed E-state index contributed by atoms with van der Waals surface area (Å²) in [6.07, 6.45) is 0.166. The molecule has 0 saturated carbocycles. The van der Waals surface area contributed by atoms with Crippen LogP contribution in [0.4, 0.5) is 0 Å².